The number of benzene rings is 1. The Balaban J connectivity index is 2.18. The molecule has 1 heterocycles. The third-order valence-corrected chi connectivity index (χ3v) is 3.23. The van der Waals surface area contributed by atoms with Crippen molar-refractivity contribution in [2.24, 2.45) is 0 Å². The molecule has 2 aromatic rings. The third kappa shape index (κ3) is 3.41. The number of carbonyl (C=O) groups is 1. The van der Waals surface area contributed by atoms with Crippen molar-refractivity contribution in [2.75, 3.05) is 5.32 Å². The molecule has 0 unspecified atom stereocenters. The predicted octanol–water partition coefficient (Wildman–Crippen LogP) is 3.91. The second kappa shape index (κ2) is 6.13. The largest absolute Gasteiger partial charge is 0.338 e. The van der Waals surface area contributed by atoms with E-state index in [4.69, 9.17) is 0 Å². The monoisotopic (exact) mass is 346 g/mol. The van der Waals surface area contributed by atoms with E-state index in [1.165, 1.54) is 36.5 Å². The Bertz CT molecular complexity index is 628. The van der Waals surface area contributed by atoms with Crippen LogP contribution in [0, 0.1) is 5.82 Å². The second-order valence-corrected chi connectivity index (χ2v) is 4.87. The van der Waals surface area contributed by atoms with Crippen LogP contribution in [0.15, 0.2) is 41.0 Å². The van der Waals surface area contributed by atoms with E-state index in [1.807, 2.05) is 0 Å². The van der Waals surface area contributed by atoms with Gasteiger partial charge in [-0.2, -0.15) is 0 Å². The van der Waals surface area contributed by atoms with Crippen LogP contribution in [-0.4, -0.2) is 16.9 Å². The molecule has 20 heavy (non-hydrogen) atoms. The summed E-state index contributed by atoms with van der Waals surface area (Å²) in [4.78, 5) is 12.0. The standard InChI is InChI=1S/C13H10BrF3N2O/c14-9-6-8(15)3-4-10(9)18-13(20)11-2-1-5-19(11)7-12(16)17/h1-6,12H,7H2,(H,18,20). The van der Waals surface area contributed by atoms with Gasteiger partial charge in [0.2, 0.25) is 0 Å². The van der Waals surface area contributed by atoms with Crippen molar-refractivity contribution >= 4 is 27.5 Å². The number of nitrogens with one attached hydrogen (secondary N) is 1. The van der Waals surface area contributed by atoms with E-state index in [0.717, 1.165) is 4.57 Å². The summed E-state index contributed by atoms with van der Waals surface area (Å²) in [5.74, 6) is -0.987. The molecule has 0 aliphatic carbocycles. The maximum atomic E-state index is 12.9. The Morgan fingerprint density at radius 2 is 2.10 bits per heavy atom. The molecule has 1 N–H and O–H groups in total. The fourth-order valence-electron chi connectivity index (χ4n) is 1.71. The molecule has 1 aromatic heterocycles. The fraction of sp³-hybridized carbons (Fsp3) is 0.154. The summed E-state index contributed by atoms with van der Waals surface area (Å²) in [7, 11) is 0. The molecule has 1 aromatic carbocycles. The molecule has 0 bridgehead atoms. The summed E-state index contributed by atoms with van der Waals surface area (Å²) in [5.41, 5.74) is 0.475. The third-order valence-electron chi connectivity index (χ3n) is 2.58. The first-order chi connectivity index (χ1) is 9.47. The van der Waals surface area contributed by atoms with E-state index < -0.39 is 24.7 Å². The van der Waals surface area contributed by atoms with Gasteiger partial charge >= 0.3 is 0 Å². The molecule has 1 amide bonds. The first kappa shape index (κ1) is 14.6. The van der Waals surface area contributed by atoms with Gasteiger partial charge in [0.1, 0.15) is 11.5 Å². The minimum atomic E-state index is -2.55. The normalized spacial score (nSPS) is 10.8. The van der Waals surface area contributed by atoms with Crippen LogP contribution < -0.4 is 5.32 Å². The number of alkyl halides is 2. The zero-order valence-corrected chi connectivity index (χ0v) is 11.7. The Morgan fingerprint density at radius 3 is 2.75 bits per heavy atom. The summed E-state index contributed by atoms with van der Waals surface area (Å²) in [6.45, 7) is -0.555. The van der Waals surface area contributed by atoms with Crippen molar-refractivity contribution < 1.29 is 18.0 Å². The summed E-state index contributed by atoms with van der Waals surface area (Å²) >= 11 is 3.12. The van der Waals surface area contributed by atoms with Crippen LogP contribution in [0.5, 0.6) is 0 Å². The maximum absolute atomic E-state index is 12.9. The highest BCUT2D eigenvalue weighted by atomic mass is 79.9. The lowest BCUT2D eigenvalue weighted by Gasteiger charge is -2.10. The van der Waals surface area contributed by atoms with Gasteiger partial charge in [0, 0.05) is 10.7 Å². The van der Waals surface area contributed by atoms with Crippen LogP contribution in [0.1, 0.15) is 10.5 Å². The first-order valence-electron chi connectivity index (χ1n) is 5.67. The lowest BCUT2D eigenvalue weighted by molar-refractivity contribution is 0.0997. The molecule has 0 saturated carbocycles. The molecule has 3 nitrogen and oxygen atoms in total. The van der Waals surface area contributed by atoms with Crippen LogP contribution in [0.2, 0.25) is 0 Å². The average Bonchev–Trinajstić information content (AvgIpc) is 2.80. The highest BCUT2D eigenvalue weighted by Crippen LogP contribution is 2.23. The van der Waals surface area contributed by atoms with Crippen molar-refractivity contribution in [3.63, 3.8) is 0 Å². The molecule has 2 rings (SSSR count). The Hall–Kier alpha value is -1.76. The van der Waals surface area contributed by atoms with Gasteiger partial charge in [0.15, 0.2) is 0 Å². The van der Waals surface area contributed by atoms with E-state index in [0.29, 0.717) is 10.2 Å². The number of halogens is 4. The van der Waals surface area contributed by atoms with Crippen molar-refractivity contribution in [2.45, 2.75) is 13.0 Å². The van der Waals surface area contributed by atoms with E-state index in [-0.39, 0.29) is 5.69 Å². The lowest BCUT2D eigenvalue weighted by Crippen LogP contribution is -2.19. The van der Waals surface area contributed by atoms with Crippen LogP contribution in [0.25, 0.3) is 0 Å². The van der Waals surface area contributed by atoms with Gasteiger partial charge < -0.3 is 9.88 Å². The van der Waals surface area contributed by atoms with Gasteiger partial charge in [-0.05, 0) is 46.3 Å². The molecule has 0 aliphatic heterocycles. The van der Waals surface area contributed by atoms with Crippen molar-refractivity contribution in [1.29, 1.82) is 0 Å². The molecule has 106 valence electrons. The van der Waals surface area contributed by atoms with E-state index >= 15 is 0 Å². The molecule has 0 atom stereocenters. The summed E-state index contributed by atoms with van der Waals surface area (Å²) in [6.07, 6.45) is -1.15. The number of anilines is 1. The second-order valence-electron chi connectivity index (χ2n) is 4.02. The van der Waals surface area contributed by atoms with E-state index in [1.54, 1.807) is 0 Å². The highest BCUT2D eigenvalue weighted by molar-refractivity contribution is 9.10. The van der Waals surface area contributed by atoms with E-state index in [2.05, 4.69) is 21.2 Å². The quantitative estimate of drug-likeness (QED) is 0.894. The topological polar surface area (TPSA) is 34.0 Å². The van der Waals surface area contributed by atoms with Crippen LogP contribution in [-0.2, 0) is 6.54 Å². The number of amides is 1. The van der Waals surface area contributed by atoms with Gasteiger partial charge in [-0.15, -0.1) is 0 Å². The van der Waals surface area contributed by atoms with Gasteiger partial charge in [-0.3, -0.25) is 4.79 Å². The van der Waals surface area contributed by atoms with Crippen molar-refractivity contribution in [3.05, 3.63) is 52.5 Å². The number of carbonyl (C=O) groups excluding carboxylic acids is 1. The van der Waals surface area contributed by atoms with Gasteiger partial charge in [-0.1, -0.05) is 0 Å². The molecule has 0 fully saturated rings. The Morgan fingerprint density at radius 1 is 1.35 bits per heavy atom. The van der Waals surface area contributed by atoms with Crippen molar-refractivity contribution in [3.8, 4) is 0 Å². The first-order valence-corrected chi connectivity index (χ1v) is 6.46. The molecule has 0 radical (unpaired) electrons. The molecule has 0 saturated heterocycles. The summed E-state index contributed by atoms with van der Waals surface area (Å²) < 4.78 is 39.2. The Labute approximate surface area is 121 Å². The maximum Gasteiger partial charge on any atom is 0.272 e. The van der Waals surface area contributed by atoms with Crippen molar-refractivity contribution in [1.82, 2.24) is 4.57 Å². The highest BCUT2D eigenvalue weighted by Gasteiger charge is 2.15. The zero-order chi connectivity index (χ0) is 14.7. The zero-order valence-electron chi connectivity index (χ0n) is 10.1. The predicted molar refractivity (Wildman–Crippen MR) is 72.5 cm³/mol. The smallest absolute Gasteiger partial charge is 0.272 e. The van der Waals surface area contributed by atoms with E-state index in [9.17, 15) is 18.0 Å². The molecule has 0 aliphatic rings. The number of hydrogen-bond acceptors (Lipinski definition) is 1. The molecular formula is C13H10BrF3N2O. The average molecular weight is 347 g/mol. The van der Waals surface area contributed by atoms with Crippen LogP contribution in [0.3, 0.4) is 0 Å². The number of hydrogen-bond donors (Lipinski definition) is 1. The fourth-order valence-corrected chi connectivity index (χ4v) is 2.16. The molecule has 7 heteroatoms. The minimum absolute atomic E-state index is 0.113. The Kier molecular flexibility index (Phi) is 4.49. The van der Waals surface area contributed by atoms with Gasteiger partial charge in [0.05, 0.1) is 12.2 Å². The SMILES string of the molecule is O=C(Nc1ccc(F)cc1Br)c1cccn1CC(F)F. The molecular weight excluding hydrogens is 337 g/mol. The number of rotatable bonds is 4. The molecule has 0 spiro atoms. The minimum Gasteiger partial charge on any atom is -0.338 e. The lowest BCUT2D eigenvalue weighted by atomic mass is 10.3. The summed E-state index contributed by atoms with van der Waals surface area (Å²) in [6, 6.07) is 6.73. The van der Waals surface area contributed by atoms with Crippen LogP contribution in [0.4, 0.5) is 18.9 Å². The summed E-state index contributed by atoms with van der Waals surface area (Å²) in [5, 5.41) is 2.54. The van der Waals surface area contributed by atoms with Gasteiger partial charge in [-0.25, -0.2) is 13.2 Å². The van der Waals surface area contributed by atoms with Gasteiger partial charge in [0.25, 0.3) is 12.3 Å². The number of nitrogens with zero attached hydrogens (tertiary/aromatic N) is 1. The van der Waals surface area contributed by atoms with Crippen LogP contribution >= 0.6 is 15.9 Å². The number of aromatic nitrogens is 1.